The molecule has 0 spiro atoms. The minimum Gasteiger partial charge on any atom is -0.494 e. The molecule has 22 heavy (non-hydrogen) atoms. The lowest BCUT2D eigenvalue weighted by Gasteiger charge is -2.29. The second-order valence-electron chi connectivity index (χ2n) is 5.92. The number of likely N-dealkylation sites (tertiary alicyclic amines) is 1. The van der Waals surface area contributed by atoms with Crippen molar-refractivity contribution in [2.24, 2.45) is 0 Å². The van der Waals surface area contributed by atoms with Crippen molar-refractivity contribution in [3.05, 3.63) is 29.8 Å². The van der Waals surface area contributed by atoms with Gasteiger partial charge in [0, 0.05) is 6.04 Å². The highest BCUT2D eigenvalue weighted by Crippen LogP contribution is 2.19. The first-order valence-electron chi connectivity index (χ1n) is 8.06. The number of nitrogens with zero attached hydrogens (tertiary/aromatic N) is 1. The molecule has 0 radical (unpaired) electrons. The maximum Gasteiger partial charge on any atom is 0.315 e. The van der Waals surface area contributed by atoms with Crippen LogP contribution in [0.25, 0.3) is 0 Å². The smallest absolute Gasteiger partial charge is 0.315 e. The summed E-state index contributed by atoms with van der Waals surface area (Å²) in [6.45, 7) is 6.67. The number of benzene rings is 1. The number of urea groups is 1. The SMILES string of the molecule is CCOc1cccc(C(C)NC(=O)NC2CCN(C)CC2)c1. The predicted octanol–water partition coefficient (Wildman–Crippen LogP) is 2.54. The standard InChI is InChI=1S/C17H27N3O2/c1-4-22-16-7-5-6-14(12-16)13(2)18-17(21)19-15-8-10-20(3)11-9-15/h5-7,12-13,15H,4,8-11H2,1-3H3,(H2,18,19,21). The zero-order valence-electron chi connectivity index (χ0n) is 13.8. The van der Waals surface area contributed by atoms with Gasteiger partial charge in [-0.15, -0.1) is 0 Å². The highest BCUT2D eigenvalue weighted by atomic mass is 16.5. The summed E-state index contributed by atoms with van der Waals surface area (Å²) in [5, 5.41) is 6.08. The van der Waals surface area contributed by atoms with Crippen LogP contribution >= 0.6 is 0 Å². The molecule has 1 heterocycles. The van der Waals surface area contributed by atoms with E-state index in [0.717, 1.165) is 37.2 Å². The lowest BCUT2D eigenvalue weighted by atomic mass is 10.1. The Labute approximate surface area is 133 Å². The number of ether oxygens (including phenoxy) is 1. The van der Waals surface area contributed by atoms with Crippen molar-refractivity contribution < 1.29 is 9.53 Å². The highest BCUT2D eigenvalue weighted by molar-refractivity contribution is 5.74. The number of nitrogens with one attached hydrogen (secondary N) is 2. The summed E-state index contributed by atoms with van der Waals surface area (Å²) in [5.41, 5.74) is 1.05. The van der Waals surface area contributed by atoms with Crippen molar-refractivity contribution in [2.45, 2.75) is 38.8 Å². The van der Waals surface area contributed by atoms with E-state index >= 15 is 0 Å². The van der Waals surface area contributed by atoms with Gasteiger partial charge in [-0.05, 0) is 64.5 Å². The fraction of sp³-hybridized carbons (Fsp3) is 0.588. The van der Waals surface area contributed by atoms with Crippen molar-refractivity contribution in [3.8, 4) is 5.75 Å². The maximum atomic E-state index is 12.1. The third-order valence-electron chi connectivity index (χ3n) is 4.07. The van der Waals surface area contributed by atoms with Crippen molar-refractivity contribution in [1.29, 1.82) is 0 Å². The van der Waals surface area contributed by atoms with Crippen LogP contribution in [-0.2, 0) is 0 Å². The maximum absolute atomic E-state index is 12.1. The van der Waals surface area contributed by atoms with E-state index in [1.807, 2.05) is 38.1 Å². The quantitative estimate of drug-likeness (QED) is 0.879. The summed E-state index contributed by atoms with van der Waals surface area (Å²) in [6.07, 6.45) is 2.02. The van der Waals surface area contributed by atoms with Gasteiger partial charge in [0.15, 0.2) is 0 Å². The number of amides is 2. The van der Waals surface area contributed by atoms with Crippen LogP contribution in [0.2, 0.25) is 0 Å². The monoisotopic (exact) mass is 305 g/mol. The predicted molar refractivity (Wildman–Crippen MR) is 88.2 cm³/mol. The van der Waals surface area contributed by atoms with Crippen LogP contribution in [0.1, 0.15) is 38.3 Å². The number of hydrogen-bond acceptors (Lipinski definition) is 3. The van der Waals surface area contributed by atoms with Gasteiger partial charge in [-0.25, -0.2) is 4.79 Å². The van der Waals surface area contributed by atoms with Gasteiger partial charge in [-0.3, -0.25) is 0 Å². The first-order chi connectivity index (χ1) is 10.6. The van der Waals surface area contributed by atoms with E-state index in [0.29, 0.717) is 6.61 Å². The number of hydrogen-bond donors (Lipinski definition) is 2. The Balaban J connectivity index is 1.84. The molecule has 1 aliphatic heterocycles. The average Bonchev–Trinajstić information content (AvgIpc) is 2.50. The number of carbonyl (C=O) groups excluding carboxylic acids is 1. The lowest BCUT2D eigenvalue weighted by molar-refractivity contribution is 0.212. The molecule has 2 rings (SSSR count). The summed E-state index contributed by atoms with van der Waals surface area (Å²) in [4.78, 5) is 14.4. The lowest BCUT2D eigenvalue weighted by Crippen LogP contribution is -2.47. The number of carbonyl (C=O) groups is 1. The van der Waals surface area contributed by atoms with Gasteiger partial charge >= 0.3 is 6.03 Å². The molecule has 1 atom stereocenters. The fourth-order valence-corrected chi connectivity index (χ4v) is 2.70. The van der Waals surface area contributed by atoms with Crippen LogP contribution < -0.4 is 15.4 Å². The Morgan fingerprint density at radius 2 is 2.14 bits per heavy atom. The molecule has 1 aromatic rings. The summed E-state index contributed by atoms with van der Waals surface area (Å²) in [7, 11) is 2.11. The fourth-order valence-electron chi connectivity index (χ4n) is 2.70. The molecule has 2 N–H and O–H groups in total. The van der Waals surface area contributed by atoms with Crippen molar-refractivity contribution in [3.63, 3.8) is 0 Å². The van der Waals surface area contributed by atoms with E-state index in [1.54, 1.807) is 0 Å². The Morgan fingerprint density at radius 3 is 2.82 bits per heavy atom. The van der Waals surface area contributed by atoms with E-state index in [1.165, 1.54) is 0 Å². The van der Waals surface area contributed by atoms with Crippen LogP contribution in [0.4, 0.5) is 4.79 Å². The first kappa shape index (κ1) is 16.6. The summed E-state index contributed by atoms with van der Waals surface area (Å²) in [5.74, 6) is 0.837. The van der Waals surface area contributed by atoms with E-state index in [-0.39, 0.29) is 18.1 Å². The minimum atomic E-state index is -0.0936. The van der Waals surface area contributed by atoms with Gasteiger partial charge in [0.05, 0.1) is 12.6 Å². The topological polar surface area (TPSA) is 53.6 Å². The van der Waals surface area contributed by atoms with Crippen LogP contribution in [0, 0.1) is 0 Å². The Kier molecular flexibility index (Phi) is 6.07. The van der Waals surface area contributed by atoms with Gasteiger partial charge in [-0.1, -0.05) is 12.1 Å². The average molecular weight is 305 g/mol. The molecule has 5 heteroatoms. The summed E-state index contributed by atoms with van der Waals surface area (Å²) >= 11 is 0. The molecular formula is C17H27N3O2. The summed E-state index contributed by atoms with van der Waals surface area (Å²) < 4.78 is 5.50. The molecule has 0 saturated carbocycles. The van der Waals surface area contributed by atoms with Gasteiger partial charge in [0.1, 0.15) is 5.75 Å². The van der Waals surface area contributed by atoms with Gasteiger partial charge in [0.2, 0.25) is 0 Å². The van der Waals surface area contributed by atoms with E-state index in [9.17, 15) is 4.79 Å². The van der Waals surface area contributed by atoms with Crippen LogP contribution in [0.3, 0.4) is 0 Å². The number of rotatable bonds is 5. The van der Waals surface area contributed by atoms with E-state index < -0.39 is 0 Å². The molecule has 0 aromatic heterocycles. The largest absolute Gasteiger partial charge is 0.494 e. The molecule has 1 saturated heterocycles. The van der Waals surface area contributed by atoms with Crippen LogP contribution in [0.5, 0.6) is 5.75 Å². The molecule has 1 fully saturated rings. The summed E-state index contributed by atoms with van der Waals surface area (Å²) in [6, 6.07) is 7.99. The van der Waals surface area contributed by atoms with Crippen molar-refractivity contribution in [2.75, 3.05) is 26.7 Å². The normalized spacial score (nSPS) is 17.8. The van der Waals surface area contributed by atoms with Crippen molar-refractivity contribution in [1.82, 2.24) is 15.5 Å². The zero-order valence-corrected chi connectivity index (χ0v) is 13.8. The van der Waals surface area contributed by atoms with E-state index in [2.05, 4.69) is 22.6 Å². The minimum absolute atomic E-state index is 0.0494. The molecule has 5 nitrogen and oxygen atoms in total. The molecule has 1 unspecified atom stereocenters. The molecule has 1 aromatic carbocycles. The molecule has 0 aliphatic carbocycles. The third kappa shape index (κ3) is 4.91. The van der Waals surface area contributed by atoms with Crippen LogP contribution in [-0.4, -0.2) is 43.7 Å². The van der Waals surface area contributed by atoms with Gasteiger partial charge in [-0.2, -0.15) is 0 Å². The second-order valence-corrected chi connectivity index (χ2v) is 5.92. The molecular weight excluding hydrogens is 278 g/mol. The molecule has 122 valence electrons. The third-order valence-corrected chi connectivity index (χ3v) is 4.07. The van der Waals surface area contributed by atoms with Gasteiger partial charge < -0.3 is 20.3 Å². The number of piperidine rings is 1. The Bertz CT molecular complexity index is 485. The first-order valence-corrected chi connectivity index (χ1v) is 8.06. The van der Waals surface area contributed by atoms with Crippen molar-refractivity contribution >= 4 is 6.03 Å². The highest BCUT2D eigenvalue weighted by Gasteiger charge is 2.19. The molecule has 2 amide bonds. The zero-order chi connectivity index (χ0) is 15.9. The van der Waals surface area contributed by atoms with E-state index in [4.69, 9.17) is 4.74 Å². The molecule has 1 aliphatic rings. The van der Waals surface area contributed by atoms with Crippen LogP contribution in [0.15, 0.2) is 24.3 Å². The van der Waals surface area contributed by atoms with Gasteiger partial charge in [0.25, 0.3) is 0 Å². The Hall–Kier alpha value is -1.75. The molecule has 0 bridgehead atoms. The Morgan fingerprint density at radius 1 is 1.41 bits per heavy atom. The second kappa shape index (κ2) is 8.03.